The van der Waals surface area contributed by atoms with Crippen molar-refractivity contribution in [1.82, 2.24) is 10.6 Å². The molecule has 26 heavy (non-hydrogen) atoms. The summed E-state index contributed by atoms with van der Waals surface area (Å²) >= 11 is 7.54. The van der Waals surface area contributed by atoms with Crippen LogP contribution in [0.4, 0.5) is 0 Å². The van der Waals surface area contributed by atoms with E-state index in [-0.39, 0.29) is 13.0 Å². The topological polar surface area (TPSA) is 95.5 Å². The fourth-order valence-corrected chi connectivity index (χ4v) is 4.86. The Labute approximate surface area is 159 Å². The van der Waals surface area contributed by atoms with Gasteiger partial charge in [-0.25, -0.2) is 0 Å². The maximum absolute atomic E-state index is 12.4. The number of amides is 2. The first kappa shape index (κ1) is 18.7. The average molecular weight is 395 g/mol. The Morgan fingerprint density at radius 1 is 1.19 bits per heavy atom. The molecule has 1 aliphatic carbocycles. The molecule has 1 fully saturated rings. The highest BCUT2D eigenvalue weighted by molar-refractivity contribution is 7.21. The third-order valence-corrected chi connectivity index (χ3v) is 6.28. The van der Waals surface area contributed by atoms with Crippen molar-refractivity contribution in [2.24, 2.45) is 0 Å². The van der Waals surface area contributed by atoms with Gasteiger partial charge in [0.05, 0.1) is 23.5 Å². The summed E-state index contributed by atoms with van der Waals surface area (Å²) in [7, 11) is 0. The molecule has 1 aromatic carbocycles. The SMILES string of the molecule is O=C(O)CC1(NC(=O)CNC(=O)c2sc3ccccc3c2Cl)CCCC1. The van der Waals surface area contributed by atoms with E-state index in [4.69, 9.17) is 16.7 Å². The molecule has 0 aliphatic heterocycles. The van der Waals surface area contributed by atoms with Gasteiger partial charge < -0.3 is 15.7 Å². The van der Waals surface area contributed by atoms with Gasteiger partial charge in [0.1, 0.15) is 4.88 Å². The first-order chi connectivity index (χ1) is 12.4. The molecular weight excluding hydrogens is 376 g/mol. The lowest BCUT2D eigenvalue weighted by molar-refractivity contribution is -0.139. The average Bonchev–Trinajstić information content (AvgIpc) is 3.17. The van der Waals surface area contributed by atoms with Crippen LogP contribution in [0.3, 0.4) is 0 Å². The number of nitrogens with one attached hydrogen (secondary N) is 2. The molecule has 3 rings (SSSR count). The van der Waals surface area contributed by atoms with E-state index >= 15 is 0 Å². The van der Waals surface area contributed by atoms with Gasteiger partial charge in [-0.2, -0.15) is 0 Å². The van der Waals surface area contributed by atoms with E-state index in [2.05, 4.69) is 10.6 Å². The molecule has 0 unspecified atom stereocenters. The minimum Gasteiger partial charge on any atom is -0.481 e. The van der Waals surface area contributed by atoms with Gasteiger partial charge in [0.15, 0.2) is 0 Å². The van der Waals surface area contributed by atoms with Crippen molar-refractivity contribution in [2.45, 2.75) is 37.6 Å². The van der Waals surface area contributed by atoms with Crippen molar-refractivity contribution in [3.8, 4) is 0 Å². The largest absolute Gasteiger partial charge is 0.481 e. The minimum absolute atomic E-state index is 0.102. The highest BCUT2D eigenvalue weighted by Crippen LogP contribution is 2.35. The predicted molar refractivity (Wildman–Crippen MR) is 101 cm³/mol. The summed E-state index contributed by atoms with van der Waals surface area (Å²) in [5, 5.41) is 15.6. The monoisotopic (exact) mass is 394 g/mol. The van der Waals surface area contributed by atoms with Crippen molar-refractivity contribution >= 4 is 50.8 Å². The van der Waals surface area contributed by atoms with Crippen LogP contribution in [-0.2, 0) is 9.59 Å². The van der Waals surface area contributed by atoms with E-state index in [0.717, 1.165) is 22.9 Å². The van der Waals surface area contributed by atoms with Crippen LogP contribution < -0.4 is 10.6 Å². The summed E-state index contributed by atoms with van der Waals surface area (Å²) in [5.74, 6) is -1.74. The number of hydrogen-bond donors (Lipinski definition) is 3. The third kappa shape index (κ3) is 3.99. The van der Waals surface area contributed by atoms with Crippen molar-refractivity contribution < 1.29 is 19.5 Å². The van der Waals surface area contributed by atoms with Crippen LogP contribution in [0.15, 0.2) is 24.3 Å². The second-order valence-corrected chi connectivity index (χ2v) is 7.96. The van der Waals surface area contributed by atoms with E-state index in [1.807, 2.05) is 24.3 Å². The zero-order chi connectivity index (χ0) is 18.7. The lowest BCUT2D eigenvalue weighted by Gasteiger charge is -2.28. The van der Waals surface area contributed by atoms with Crippen LogP contribution >= 0.6 is 22.9 Å². The number of halogens is 1. The fourth-order valence-electron chi connectivity index (χ4n) is 3.43. The van der Waals surface area contributed by atoms with Crippen LogP contribution in [0.25, 0.3) is 10.1 Å². The number of carboxylic acid groups (broad SMARTS) is 1. The maximum Gasteiger partial charge on any atom is 0.305 e. The summed E-state index contributed by atoms with van der Waals surface area (Å²) in [6.45, 7) is -0.217. The number of hydrogen-bond acceptors (Lipinski definition) is 4. The molecule has 2 amide bonds. The smallest absolute Gasteiger partial charge is 0.305 e. The van der Waals surface area contributed by atoms with Gasteiger partial charge in [0.2, 0.25) is 5.91 Å². The fraction of sp³-hybridized carbons (Fsp3) is 0.389. The number of aliphatic carboxylic acids is 1. The number of benzene rings is 1. The standard InChI is InChI=1S/C18H19ClN2O4S/c19-15-11-5-1-2-6-12(11)26-16(15)17(25)20-10-13(22)21-18(9-14(23)24)7-3-4-8-18/h1-2,5-6H,3-4,7-10H2,(H,20,25)(H,21,22)(H,23,24). The van der Waals surface area contributed by atoms with Gasteiger partial charge in [-0.1, -0.05) is 42.6 Å². The number of rotatable bonds is 6. The van der Waals surface area contributed by atoms with Crippen LogP contribution in [0.1, 0.15) is 41.8 Å². The quantitative estimate of drug-likeness (QED) is 0.701. The van der Waals surface area contributed by atoms with Crippen molar-refractivity contribution in [3.63, 3.8) is 0 Å². The van der Waals surface area contributed by atoms with Gasteiger partial charge in [0, 0.05) is 10.1 Å². The Hall–Kier alpha value is -2.12. The molecule has 6 nitrogen and oxygen atoms in total. The summed E-state index contributed by atoms with van der Waals surface area (Å²) in [6.07, 6.45) is 2.95. The Kier molecular flexibility index (Phi) is 5.48. The van der Waals surface area contributed by atoms with Crippen LogP contribution in [0, 0.1) is 0 Å². The van der Waals surface area contributed by atoms with Crippen molar-refractivity contribution in [2.75, 3.05) is 6.54 Å². The molecule has 138 valence electrons. The Morgan fingerprint density at radius 2 is 1.88 bits per heavy atom. The first-order valence-electron chi connectivity index (χ1n) is 8.38. The van der Waals surface area contributed by atoms with E-state index in [1.165, 1.54) is 11.3 Å². The minimum atomic E-state index is -0.937. The second-order valence-electron chi connectivity index (χ2n) is 6.53. The van der Waals surface area contributed by atoms with Crippen LogP contribution in [-0.4, -0.2) is 35.0 Å². The second kappa shape index (κ2) is 7.63. The highest BCUT2D eigenvalue weighted by Gasteiger charge is 2.37. The van der Waals surface area contributed by atoms with Crippen LogP contribution in [0.5, 0.6) is 0 Å². The predicted octanol–water partition coefficient (Wildman–Crippen LogP) is 3.19. The molecule has 0 spiro atoms. The number of carbonyl (C=O) groups is 3. The summed E-state index contributed by atoms with van der Waals surface area (Å²) in [6, 6.07) is 7.44. The number of carboxylic acids is 1. The molecule has 1 heterocycles. The lowest BCUT2D eigenvalue weighted by atomic mass is 9.93. The lowest BCUT2D eigenvalue weighted by Crippen LogP contribution is -2.50. The number of carbonyl (C=O) groups excluding carboxylic acids is 2. The Morgan fingerprint density at radius 3 is 2.54 bits per heavy atom. The molecular formula is C18H19ClN2O4S. The number of thiophene rings is 1. The summed E-state index contributed by atoms with van der Waals surface area (Å²) in [5.41, 5.74) is -0.705. The van der Waals surface area contributed by atoms with Crippen LogP contribution in [0.2, 0.25) is 5.02 Å². The summed E-state index contributed by atoms with van der Waals surface area (Å²) < 4.78 is 0.901. The Balaban J connectivity index is 1.62. The van der Waals surface area contributed by atoms with Gasteiger partial charge in [-0.15, -0.1) is 11.3 Å². The van der Waals surface area contributed by atoms with Gasteiger partial charge in [-0.3, -0.25) is 14.4 Å². The molecule has 0 radical (unpaired) electrons. The maximum atomic E-state index is 12.4. The molecule has 0 atom stereocenters. The van der Waals surface area contributed by atoms with E-state index < -0.39 is 23.3 Å². The molecule has 0 bridgehead atoms. The summed E-state index contributed by atoms with van der Waals surface area (Å²) in [4.78, 5) is 36.0. The normalized spacial score (nSPS) is 15.7. The zero-order valence-corrected chi connectivity index (χ0v) is 15.6. The molecule has 1 saturated carbocycles. The van der Waals surface area contributed by atoms with Crippen molar-refractivity contribution in [1.29, 1.82) is 0 Å². The van der Waals surface area contributed by atoms with E-state index in [9.17, 15) is 14.4 Å². The van der Waals surface area contributed by atoms with Gasteiger partial charge in [-0.05, 0) is 18.9 Å². The number of fused-ring (bicyclic) bond motifs is 1. The van der Waals surface area contributed by atoms with Gasteiger partial charge >= 0.3 is 5.97 Å². The molecule has 3 N–H and O–H groups in total. The Bertz CT molecular complexity index is 858. The first-order valence-corrected chi connectivity index (χ1v) is 9.58. The molecule has 1 aromatic heterocycles. The van der Waals surface area contributed by atoms with Crippen molar-refractivity contribution in [3.05, 3.63) is 34.2 Å². The van der Waals surface area contributed by atoms with E-state index in [1.54, 1.807) is 0 Å². The van der Waals surface area contributed by atoms with E-state index in [0.29, 0.717) is 22.7 Å². The molecule has 8 heteroatoms. The third-order valence-electron chi connectivity index (χ3n) is 4.61. The molecule has 2 aromatic rings. The zero-order valence-electron chi connectivity index (χ0n) is 14.0. The molecule has 0 saturated heterocycles. The molecule has 1 aliphatic rings. The highest BCUT2D eigenvalue weighted by atomic mass is 35.5. The van der Waals surface area contributed by atoms with Gasteiger partial charge in [0.25, 0.3) is 5.91 Å².